The number of nitrogens with two attached hydrogens (primary N) is 1. The number of hydrogen-bond acceptors (Lipinski definition) is 5. The third-order valence-electron chi connectivity index (χ3n) is 4.46. The van der Waals surface area contributed by atoms with Gasteiger partial charge in [0, 0.05) is 31.9 Å². The molecule has 6 nitrogen and oxygen atoms in total. The third kappa shape index (κ3) is 5.72. The highest BCUT2D eigenvalue weighted by atomic mass is 35.5. The molecule has 2 aliphatic heterocycles. The number of rotatable bonds is 5. The molecular weight excluding hydrogens is 365 g/mol. The molecule has 1 amide bonds. The van der Waals surface area contributed by atoms with Gasteiger partial charge in [-0.25, -0.2) is 0 Å². The van der Waals surface area contributed by atoms with Gasteiger partial charge in [0.1, 0.15) is 6.10 Å². The lowest BCUT2D eigenvalue weighted by atomic mass is 10.1. The van der Waals surface area contributed by atoms with Crippen LogP contribution in [0.2, 0.25) is 0 Å². The van der Waals surface area contributed by atoms with Crippen LogP contribution in [0, 0.1) is 0 Å². The molecule has 2 atom stereocenters. The topological polar surface area (TPSA) is 76.8 Å². The van der Waals surface area contributed by atoms with Crippen molar-refractivity contribution in [2.75, 3.05) is 37.7 Å². The first-order valence-electron chi connectivity index (χ1n) is 8.32. The molecule has 2 heterocycles. The highest BCUT2D eigenvalue weighted by Crippen LogP contribution is 2.22. The molecule has 2 aliphatic rings. The number of benzene rings is 1. The monoisotopic (exact) mass is 391 g/mol. The zero-order valence-electron chi connectivity index (χ0n) is 14.2. The van der Waals surface area contributed by atoms with Gasteiger partial charge in [-0.15, -0.1) is 24.8 Å². The lowest BCUT2D eigenvalue weighted by Gasteiger charge is -2.30. The molecule has 142 valence electrons. The van der Waals surface area contributed by atoms with Gasteiger partial charge in [0.15, 0.2) is 0 Å². The summed E-state index contributed by atoms with van der Waals surface area (Å²) in [5.41, 5.74) is 7.88. The second kappa shape index (κ2) is 10.8. The number of hydrogen-bond donors (Lipinski definition) is 2. The van der Waals surface area contributed by atoms with E-state index in [2.05, 4.69) is 22.3 Å². The summed E-state index contributed by atoms with van der Waals surface area (Å²) < 4.78 is 11.1. The van der Waals surface area contributed by atoms with Gasteiger partial charge >= 0.3 is 0 Å². The van der Waals surface area contributed by atoms with E-state index >= 15 is 0 Å². The molecule has 0 aliphatic carbocycles. The molecule has 0 unspecified atom stereocenters. The average molecular weight is 392 g/mol. The summed E-state index contributed by atoms with van der Waals surface area (Å²) in [5, 5.41) is 3.00. The summed E-state index contributed by atoms with van der Waals surface area (Å²) in [7, 11) is 0. The fourth-order valence-corrected chi connectivity index (χ4v) is 3.14. The molecule has 3 rings (SSSR count). The number of morpholine rings is 1. The summed E-state index contributed by atoms with van der Waals surface area (Å²) in [4.78, 5) is 14.6. The van der Waals surface area contributed by atoms with Crippen molar-refractivity contribution in [3.8, 4) is 0 Å². The smallest absolute Gasteiger partial charge is 0.249 e. The molecule has 0 bridgehead atoms. The molecule has 1 aromatic rings. The third-order valence-corrected chi connectivity index (χ3v) is 4.46. The van der Waals surface area contributed by atoms with Crippen LogP contribution in [0.3, 0.4) is 0 Å². The van der Waals surface area contributed by atoms with Crippen molar-refractivity contribution >= 4 is 36.4 Å². The zero-order valence-corrected chi connectivity index (χ0v) is 15.8. The quantitative estimate of drug-likeness (QED) is 0.794. The van der Waals surface area contributed by atoms with Gasteiger partial charge in [0.05, 0.1) is 19.3 Å². The number of nitrogens with zero attached hydrogens (tertiary/aromatic N) is 1. The number of ether oxygens (including phenoxy) is 2. The minimum Gasteiger partial charge on any atom is -0.378 e. The SMILES string of the molecule is Cl.Cl.NC[C@H]1CC[C@@H](C(=O)NCc2ccccc2N2CCOCC2)O1. The lowest BCUT2D eigenvalue weighted by Crippen LogP contribution is -2.38. The fraction of sp³-hybridized carbons (Fsp3) is 0.588. The van der Waals surface area contributed by atoms with Gasteiger partial charge in [-0.1, -0.05) is 18.2 Å². The van der Waals surface area contributed by atoms with Crippen molar-refractivity contribution in [3.05, 3.63) is 29.8 Å². The number of halogens is 2. The van der Waals surface area contributed by atoms with Gasteiger partial charge in [-0.05, 0) is 24.5 Å². The maximum absolute atomic E-state index is 12.3. The largest absolute Gasteiger partial charge is 0.378 e. The number of amides is 1. The Morgan fingerprint density at radius 2 is 1.92 bits per heavy atom. The lowest BCUT2D eigenvalue weighted by molar-refractivity contribution is -0.132. The van der Waals surface area contributed by atoms with E-state index < -0.39 is 0 Å². The molecular formula is C17H27Cl2N3O3. The zero-order chi connectivity index (χ0) is 16.1. The van der Waals surface area contributed by atoms with E-state index in [1.807, 2.05) is 12.1 Å². The molecule has 2 saturated heterocycles. The second-order valence-corrected chi connectivity index (χ2v) is 6.01. The predicted octanol–water partition coefficient (Wildman–Crippen LogP) is 1.49. The van der Waals surface area contributed by atoms with E-state index in [4.69, 9.17) is 15.2 Å². The maximum Gasteiger partial charge on any atom is 0.249 e. The van der Waals surface area contributed by atoms with Gasteiger partial charge in [0.2, 0.25) is 5.91 Å². The minimum atomic E-state index is -0.362. The molecule has 3 N–H and O–H groups in total. The van der Waals surface area contributed by atoms with Gasteiger partial charge in [-0.3, -0.25) is 4.79 Å². The van der Waals surface area contributed by atoms with E-state index in [1.165, 1.54) is 5.69 Å². The Morgan fingerprint density at radius 1 is 1.20 bits per heavy atom. The van der Waals surface area contributed by atoms with E-state index in [0.717, 1.165) is 44.7 Å². The highest BCUT2D eigenvalue weighted by Gasteiger charge is 2.29. The van der Waals surface area contributed by atoms with E-state index in [0.29, 0.717) is 13.1 Å². The average Bonchev–Trinajstić information content (AvgIpc) is 3.10. The summed E-state index contributed by atoms with van der Waals surface area (Å²) >= 11 is 0. The van der Waals surface area contributed by atoms with Crippen molar-refractivity contribution in [3.63, 3.8) is 0 Å². The Kier molecular flexibility index (Phi) is 9.53. The standard InChI is InChI=1S/C17H25N3O3.2ClH/c18-11-14-5-6-16(23-14)17(21)19-12-13-3-1-2-4-15(13)20-7-9-22-10-8-20;;/h1-4,14,16H,5-12,18H2,(H,19,21);2*1H/t14-,16+;;/m1../s1. The minimum absolute atomic E-state index is 0. The predicted molar refractivity (Wildman–Crippen MR) is 103 cm³/mol. The summed E-state index contributed by atoms with van der Waals surface area (Å²) in [6, 6.07) is 8.19. The highest BCUT2D eigenvalue weighted by molar-refractivity contribution is 5.85. The van der Waals surface area contributed by atoms with Crippen molar-refractivity contribution in [1.29, 1.82) is 0 Å². The molecule has 1 aromatic carbocycles. The van der Waals surface area contributed by atoms with Crippen LogP contribution in [0.5, 0.6) is 0 Å². The fourth-order valence-electron chi connectivity index (χ4n) is 3.14. The van der Waals surface area contributed by atoms with E-state index in [9.17, 15) is 4.79 Å². The van der Waals surface area contributed by atoms with Crippen molar-refractivity contribution in [2.24, 2.45) is 5.73 Å². The Morgan fingerprint density at radius 3 is 2.60 bits per heavy atom. The van der Waals surface area contributed by atoms with Crippen LogP contribution in [0.15, 0.2) is 24.3 Å². The first-order chi connectivity index (χ1) is 11.3. The van der Waals surface area contributed by atoms with Crippen LogP contribution in [-0.2, 0) is 20.8 Å². The number of nitrogens with one attached hydrogen (secondary N) is 1. The van der Waals surface area contributed by atoms with Crippen molar-refractivity contribution in [1.82, 2.24) is 5.32 Å². The van der Waals surface area contributed by atoms with E-state index in [1.54, 1.807) is 0 Å². The van der Waals surface area contributed by atoms with Crippen LogP contribution in [-0.4, -0.2) is 51.0 Å². The molecule has 2 fully saturated rings. The van der Waals surface area contributed by atoms with Crippen molar-refractivity contribution < 1.29 is 14.3 Å². The van der Waals surface area contributed by atoms with Crippen LogP contribution < -0.4 is 16.0 Å². The number of para-hydroxylation sites is 1. The first-order valence-corrected chi connectivity index (χ1v) is 8.32. The summed E-state index contributed by atoms with van der Waals surface area (Å²) in [6.07, 6.45) is 1.27. The van der Waals surface area contributed by atoms with Gasteiger partial charge < -0.3 is 25.4 Å². The van der Waals surface area contributed by atoms with Crippen molar-refractivity contribution in [2.45, 2.75) is 31.6 Å². The molecule has 8 heteroatoms. The summed E-state index contributed by atoms with van der Waals surface area (Å²) in [6.45, 7) is 4.25. The molecule has 0 aromatic heterocycles. The Balaban J connectivity index is 0.00000156. The van der Waals surface area contributed by atoms with Crippen LogP contribution in [0.4, 0.5) is 5.69 Å². The Hall–Kier alpha value is -1.05. The van der Waals surface area contributed by atoms with Gasteiger partial charge in [-0.2, -0.15) is 0 Å². The summed E-state index contributed by atoms with van der Waals surface area (Å²) in [5.74, 6) is -0.0438. The van der Waals surface area contributed by atoms with Gasteiger partial charge in [0.25, 0.3) is 0 Å². The van der Waals surface area contributed by atoms with Crippen LogP contribution >= 0.6 is 24.8 Å². The van der Waals surface area contributed by atoms with Crippen LogP contribution in [0.25, 0.3) is 0 Å². The number of anilines is 1. The number of carbonyl (C=O) groups is 1. The molecule has 0 radical (unpaired) electrons. The normalized spacial score (nSPS) is 22.7. The van der Waals surface area contributed by atoms with Crippen LogP contribution in [0.1, 0.15) is 18.4 Å². The molecule has 25 heavy (non-hydrogen) atoms. The molecule has 0 saturated carbocycles. The Labute approximate surface area is 161 Å². The first kappa shape index (κ1) is 22.0. The molecule has 0 spiro atoms. The maximum atomic E-state index is 12.3. The van der Waals surface area contributed by atoms with E-state index in [-0.39, 0.29) is 42.9 Å². The number of carbonyl (C=O) groups excluding carboxylic acids is 1. The Bertz CT molecular complexity index is 542. The second-order valence-electron chi connectivity index (χ2n) is 6.01.